The van der Waals surface area contributed by atoms with Crippen LogP contribution in [0.25, 0.3) is 0 Å². The molecular weight excluding hydrogens is 484 g/mol. The fourth-order valence-corrected chi connectivity index (χ4v) is 3.62. The van der Waals surface area contributed by atoms with Crippen molar-refractivity contribution in [1.82, 2.24) is 0 Å². The second kappa shape index (κ2) is 13.8. The second-order valence-corrected chi connectivity index (χ2v) is 8.27. The van der Waals surface area contributed by atoms with Gasteiger partial charge < -0.3 is 79.5 Å². The zero-order chi connectivity index (χ0) is 26.4. The Kier molecular flexibility index (Phi) is 12.0. The molecule has 35 heavy (non-hydrogen) atoms. The average Bonchev–Trinajstić information content (AvgIpc) is 2.86. The van der Waals surface area contributed by atoms with E-state index in [-0.39, 0.29) is 0 Å². The zero-order valence-electron chi connectivity index (χ0n) is 19.1. The lowest BCUT2D eigenvalue weighted by molar-refractivity contribution is -0.321. The Bertz CT molecular complexity index is 569. The van der Waals surface area contributed by atoms with Crippen LogP contribution >= 0.6 is 0 Å². The lowest BCUT2D eigenvalue weighted by atomic mass is 9.99. The lowest BCUT2D eigenvalue weighted by Crippen LogP contribution is -2.60. The van der Waals surface area contributed by atoms with Gasteiger partial charge >= 0.3 is 0 Å². The third kappa shape index (κ3) is 7.23. The van der Waals surface area contributed by atoms with Gasteiger partial charge in [-0.25, -0.2) is 0 Å². The Hall–Kier alpha value is -0.640. The number of aliphatic hydroxyl groups is 10. The first kappa shape index (κ1) is 30.6. The minimum atomic E-state index is -2.00. The van der Waals surface area contributed by atoms with E-state index in [2.05, 4.69) is 0 Å². The van der Waals surface area contributed by atoms with Gasteiger partial charge in [-0.2, -0.15) is 0 Å². The van der Waals surface area contributed by atoms with Gasteiger partial charge in [0.15, 0.2) is 18.9 Å². The summed E-state index contributed by atoms with van der Waals surface area (Å²) in [6, 6.07) is 0. The van der Waals surface area contributed by atoms with E-state index in [0.717, 1.165) is 0 Å². The predicted octanol–water partition coefficient (Wildman–Crippen LogP) is -6.67. The standard InChI is InChI=1S/C19H36O16/c1-30-17-15(28)12(25)10(23)7(34-17)4-32-19(14(27)9(22)6(21)3-20)33-5-8-11(24)13(26)16(29)18(31-2)35-8/h6-29H,3-5H2,1-2H3/t6-,7-,8-,9-,10-,11-,12+,13+,14+,15-,16-,17+,18+/m1/s1. The molecule has 2 rings (SSSR count). The highest BCUT2D eigenvalue weighted by atomic mass is 16.7. The number of hydrogen-bond acceptors (Lipinski definition) is 16. The Morgan fingerprint density at radius 2 is 1.03 bits per heavy atom. The van der Waals surface area contributed by atoms with Crippen LogP contribution in [0.2, 0.25) is 0 Å². The molecular formula is C19H36O16. The van der Waals surface area contributed by atoms with Crippen molar-refractivity contribution in [3.8, 4) is 0 Å². The normalized spacial score (nSPS) is 41.8. The van der Waals surface area contributed by atoms with Crippen molar-refractivity contribution >= 4 is 0 Å². The molecule has 0 unspecified atom stereocenters. The highest BCUT2D eigenvalue weighted by Crippen LogP contribution is 2.25. The number of aliphatic hydroxyl groups excluding tert-OH is 10. The summed E-state index contributed by atoms with van der Waals surface area (Å²) in [5.41, 5.74) is 0. The van der Waals surface area contributed by atoms with Crippen LogP contribution in [0, 0.1) is 0 Å². The van der Waals surface area contributed by atoms with Crippen LogP contribution in [-0.4, -0.2) is 171 Å². The summed E-state index contributed by atoms with van der Waals surface area (Å²) >= 11 is 0. The van der Waals surface area contributed by atoms with Gasteiger partial charge in [0.05, 0.1) is 19.8 Å². The van der Waals surface area contributed by atoms with E-state index in [1.807, 2.05) is 0 Å². The van der Waals surface area contributed by atoms with Gasteiger partial charge in [-0.3, -0.25) is 0 Å². The molecule has 16 heteroatoms. The van der Waals surface area contributed by atoms with E-state index in [1.54, 1.807) is 0 Å². The van der Waals surface area contributed by atoms with Gasteiger partial charge in [0, 0.05) is 14.2 Å². The summed E-state index contributed by atoms with van der Waals surface area (Å²) < 4.78 is 31.2. The molecule has 16 nitrogen and oxygen atoms in total. The molecule has 0 aromatic carbocycles. The molecule has 2 fully saturated rings. The second-order valence-electron chi connectivity index (χ2n) is 8.27. The molecule has 0 saturated carbocycles. The van der Waals surface area contributed by atoms with Crippen molar-refractivity contribution < 1.29 is 79.5 Å². The van der Waals surface area contributed by atoms with Gasteiger partial charge in [-0.1, -0.05) is 0 Å². The minimum absolute atomic E-state index is 0.593. The zero-order valence-corrected chi connectivity index (χ0v) is 19.1. The van der Waals surface area contributed by atoms with Crippen molar-refractivity contribution in [2.75, 3.05) is 34.0 Å². The largest absolute Gasteiger partial charge is 0.394 e. The number of ether oxygens (including phenoxy) is 6. The molecule has 0 amide bonds. The van der Waals surface area contributed by atoms with E-state index in [1.165, 1.54) is 14.2 Å². The van der Waals surface area contributed by atoms with Crippen LogP contribution < -0.4 is 0 Å². The monoisotopic (exact) mass is 520 g/mol. The fraction of sp³-hybridized carbons (Fsp3) is 1.00. The SMILES string of the molecule is CO[C@H]1O[C@H](COC(OC[C@H]2O[C@H](OC)[C@H](O)[C@@H](O)[C@@H]2O)[C@@H](O)[C@H](O)[C@H](O)CO)[C@@H](O)[C@H](O)[C@H]1O. The highest BCUT2D eigenvalue weighted by molar-refractivity contribution is 4.91. The molecule has 0 aliphatic carbocycles. The molecule has 13 atom stereocenters. The fourth-order valence-electron chi connectivity index (χ4n) is 3.62. The quantitative estimate of drug-likeness (QED) is 0.107. The number of hydrogen-bond donors (Lipinski definition) is 10. The van der Waals surface area contributed by atoms with E-state index in [4.69, 9.17) is 33.5 Å². The number of rotatable bonds is 12. The van der Waals surface area contributed by atoms with Gasteiger partial charge in [0.2, 0.25) is 0 Å². The first-order chi connectivity index (χ1) is 16.5. The van der Waals surface area contributed by atoms with Crippen LogP contribution in [0.4, 0.5) is 0 Å². The van der Waals surface area contributed by atoms with Crippen molar-refractivity contribution in [3.63, 3.8) is 0 Å². The molecule has 2 aliphatic rings. The molecule has 0 spiro atoms. The third-order valence-electron chi connectivity index (χ3n) is 5.86. The first-order valence-electron chi connectivity index (χ1n) is 10.8. The van der Waals surface area contributed by atoms with Crippen molar-refractivity contribution in [2.45, 2.75) is 86.0 Å². The van der Waals surface area contributed by atoms with E-state index in [9.17, 15) is 46.0 Å². The van der Waals surface area contributed by atoms with Crippen LogP contribution in [0.5, 0.6) is 0 Å². The minimum Gasteiger partial charge on any atom is -0.394 e. The Morgan fingerprint density at radius 3 is 1.37 bits per heavy atom. The molecule has 208 valence electrons. The molecule has 2 saturated heterocycles. The predicted molar refractivity (Wildman–Crippen MR) is 108 cm³/mol. The average molecular weight is 520 g/mol. The van der Waals surface area contributed by atoms with Crippen molar-refractivity contribution in [3.05, 3.63) is 0 Å². The van der Waals surface area contributed by atoms with Crippen LogP contribution in [0.15, 0.2) is 0 Å². The third-order valence-corrected chi connectivity index (χ3v) is 5.86. The Morgan fingerprint density at radius 1 is 0.629 bits per heavy atom. The first-order valence-corrected chi connectivity index (χ1v) is 10.8. The maximum absolute atomic E-state index is 10.4. The van der Waals surface area contributed by atoms with Gasteiger partial charge in [-0.15, -0.1) is 0 Å². The molecule has 2 aliphatic heterocycles. The summed E-state index contributed by atoms with van der Waals surface area (Å²) in [6.07, 6.45) is -22.6. The Balaban J connectivity index is 2.10. The van der Waals surface area contributed by atoms with Crippen LogP contribution in [0.1, 0.15) is 0 Å². The maximum Gasteiger partial charge on any atom is 0.186 e. The van der Waals surface area contributed by atoms with Gasteiger partial charge in [0.1, 0.15) is 67.1 Å². The maximum atomic E-state index is 10.4. The van der Waals surface area contributed by atoms with Gasteiger partial charge in [-0.05, 0) is 0 Å². The van der Waals surface area contributed by atoms with E-state index < -0.39 is 106 Å². The smallest absolute Gasteiger partial charge is 0.186 e. The highest BCUT2D eigenvalue weighted by Gasteiger charge is 2.46. The molecule has 10 N–H and O–H groups in total. The summed E-state index contributed by atoms with van der Waals surface area (Å²) in [5, 5.41) is 99.3. The lowest BCUT2D eigenvalue weighted by Gasteiger charge is -2.41. The summed E-state index contributed by atoms with van der Waals surface area (Å²) in [7, 11) is 2.37. The topological polar surface area (TPSA) is 258 Å². The van der Waals surface area contributed by atoms with Crippen LogP contribution in [-0.2, 0) is 28.4 Å². The summed E-state index contributed by atoms with van der Waals surface area (Å²) in [6.45, 7) is -2.10. The van der Waals surface area contributed by atoms with Crippen molar-refractivity contribution in [2.24, 2.45) is 0 Å². The molecule has 0 aromatic heterocycles. The van der Waals surface area contributed by atoms with Crippen LogP contribution in [0.3, 0.4) is 0 Å². The summed E-state index contributed by atoms with van der Waals surface area (Å²) in [5.74, 6) is 0. The molecule has 0 aromatic rings. The summed E-state index contributed by atoms with van der Waals surface area (Å²) in [4.78, 5) is 0. The van der Waals surface area contributed by atoms with Crippen molar-refractivity contribution in [1.29, 1.82) is 0 Å². The van der Waals surface area contributed by atoms with E-state index >= 15 is 0 Å². The molecule has 2 heterocycles. The number of methoxy groups -OCH3 is 2. The van der Waals surface area contributed by atoms with Gasteiger partial charge in [0.25, 0.3) is 0 Å². The molecule has 0 radical (unpaired) electrons. The molecule has 0 bridgehead atoms. The van der Waals surface area contributed by atoms with E-state index in [0.29, 0.717) is 0 Å². The Labute approximate surface area is 200 Å².